The number of fused-ring (bicyclic) bond motifs is 1. The molecule has 0 unspecified atom stereocenters. The molecule has 106 valence electrons. The molecule has 0 radical (unpaired) electrons. The first-order chi connectivity index (χ1) is 9.86. The zero-order chi connectivity index (χ0) is 13.4. The van der Waals surface area contributed by atoms with E-state index in [1.165, 1.54) is 11.1 Å². The summed E-state index contributed by atoms with van der Waals surface area (Å²) < 4.78 is 17.4. The first-order valence-electron chi connectivity index (χ1n) is 7.33. The highest BCUT2D eigenvalue weighted by Gasteiger charge is 2.38. The molecule has 4 rings (SSSR count). The maximum atomic E-state index is 5.86. The van der Waals surface area contributed by atoms with Gasteiger partial charge >= 0.3 is 0 Å². The minimum absolute atomic E-state index is 0.350. The van der Waals surface area contributed by atoms with Gasteiger partial charge in [-0.3, -0.25) is 0 Å². The van der Waals surface area contributed by atoms with Crippen molar-refractivity contribution in [1.82, 2.24) is 0 Å². The fourth-order valence-electron chi connectivity index (χ4n) is 3.24. The number of ether oxygens (including phenoxy) is 3. The number of para-hydroxylation sites is 1. The Hall–Kier alpha value is -1.52. The summed E-state index contributed by atoms with van der Waals surface area (Å²) in [5.74, 6) is 0.645. The van der Waals surface area contributed by atoms with Crippen LogP contribution in [0.5, 0.6) is 5.75 Å². The van der Waals surface area contributed by atoms with E-state index in [9.17, 15) is 0 Å². The molecule has 0 bridgehead atoms. The van der Waals surface area contributed by atoms with E-state index in [2.05, 4.69) is 29.6 Å². The van der Waals surface area contributed by atoms with Crippen molar-refractivity contribution in [2.24, 2.45) is 0 Å². The molecule has 0 atom stereocenters. The topological polar surface area (TPSA) is 39.7 Å². The number of rotatable bonds is 1. The largest absolute Gasteiger partial charge is 0.489 e. The Labute approximate surface area is 118 Å². The number of benzene rings is 1. The zero-order valence-corrected chi connectivity index (χ0v) is 11.5. The number of allylic oxidation sites excluding steroid dienone is 1. The number of hydrogen-bond donors (Lipinski definition) is 1. The van der Waals surface area contributed by atoms with Gasteiger partial charge in [0.15, 0.2) is 5.79 Å². The van der Waals surface area contributed by atoms with Gasteiger partial charge in [0.2, 0.25) is 0 Å². The summed E-state index contributed by atoms with van der Waals surface area (Å²) in [6.45, 7) is 3.04. The maximum absolute atomic E-state index is 5.86. The van der Waals surface area contributed by atoms with Crippen LogP contribution in [0, 0.1) is 0 Å². The highest BCUT2D eigenvalue weighted by atomic mass is 16.7. The summed E-state index contributed by atoms with van der Waals surface area (Å²) in [5.41, 5.74) is 3.65. The van der Waals surface area contributed by atoms with Gasteiger partial charge < -0.3 is 19.5 Å². The van der Waals surface area contributed by atoms with E-state index in [4.69, 9.17) is 14.2 Å². The van der Waals surface area contributed by atoms with E-state index >= 15 is 0 Å². The zero-order valence-electron chi connectivity index (χ0n) is 11.5. The first-order valence-corrected chi connectivity index (χ1v) is 7.33. The van der Waals surface area contributed by atoms with Gasteiger partial charge in [0.1, 0.15) is 12.4 Å². The maximum Gasteiger partial charge on any atom is 0.172 e. The lowest BCUT2D eigenvalue weighted by atomic mass is 9.89. The van der Waals surface area contributed by atoms with E-state index in [0.717, 1.165) is 57.1 Å². The molecule has 0 amide bonds. The van der Waals surface area contributed by atoms with Crippen LogP contribution in [0.3, 0.4) is 0 Å². The normalized spacial score (nSPS) is 23.7. The third-order valence-corrected chi connectivity index (χ3v) is 4.27. The molecule has 4 nitrogen and oxygen atoms in total. The summed E-state index contributed by atoms with van der Waals surface area (Å²) in [6, 6.07) is 6.31. The van der Waals surface area contributed by atoms with Gasteiger partial charge in [-0.15, -0.1) is 0 Å². The van der Waals surface area contributed by atoms with Crippen molar-refractivity contribution in [3.8, 4) is 5.75 Å². The predicted octanol–water partition coefficient (Wildman–Crippen LogP) is 2.80. The molecule has 4 heteroatoms. The lowest BCUT2D eigenvalue weighted by Gasteiger charge is -2.31. The molecule has 1 fully saturated rings. The van der Waals surface area contributed by atoms with Crippen molar-refractivity contribution in [3.05, 3.63) is 29.8 Å². The molecular weight excluding hydrogens is 254 g/mol. The van der Waals surface area contributed by atoms with Crippen molar-refractivity contribution in [2.45, 2.75) is 25.0 Å². The van der Waals surface area contributed by atoms with Crippen molar-refractivity contribution < 1.29 is 14.2 Å². The van der Waals surface area contributed by atoms with Crippen LogP contribution < -0.4 is 10.1 Å². The molecule has 1 saturated heterocycles. The molecule has 20 heavy (non-hydrogen) atoms. The van der Waals surface area contributed by atoms with Crippen LogP contribution >= 0.6 is 0 Å². The van der Waals surface area contributed by atoms with Crippen LogP contribution in [0.4, 0.5) is 5.69 Å². The van der Waals surface area contributed by atoms with Crippen LogP contribution in [0.25, 0.3) is 5.57 Å². The van der Waals surface area contributed by atoms with Crippen molar-refractivity contribution in [3.63, 3.8) is 0 Å². The second kappa shape index (κ2) is 4.79. The first kappa shape index (κ1) is 12.2. The number of hydrogen-bond acceptors (Lipinski definition) is 4. The highest BCUT2D eigenvalue weighted by Crippen LogP contribution is 2.42. The third-order valence-electron chi connectivity index (χ3n) is 4.27. The lowest BCUT2D eigenvalue weighted by molar-refractivity contribution is -0.159. The van der Waals surface area contributed by atoms with Gasteiger partial charge in [-0.05, 0) is 18.1 Å². The number of anilines is 1. The van der Waals surface area contributed by atoms with Gasteiger partial charge in [0.05, 0.1) is 18.9 Å². The molecule has 1 spiro atoms. The summed E-state index contributed by atoms with van der Waals surface area (Å²) in [6.07, 6.45) is 4.98. The smallest absolute Gasteiger partial charge is 0.172 e. The Kier molecular flexibility index (Phi) is 2.93. The van der Waals surface area contributed by atoms with Crippen molar-refractivity contribution in [1.29, 1.82) is 0 Å². The Morgan fingerprint density at radius 3 is 2.80 bits per heavy atom. The minimum Gasteiger partial charge on any atom is -0.489 e. The van der Waals surface area contributed by atoms with Crippen LogP contribution in [0.2, 0.25) is 0 Å². The summed E-state index contributed by atoms with van der Waals surface area (Å²) in [7, 11) is 0. The van der Waals surface area contributed by atoms with Gasteiger partial charge in [0, 0.05) is 24.9 Å². The van der Waals surface area contributed by atoms with E-state index < -0.39 is 0 Å². The van der Waals surface area contributed by atoms with Crippen LogP contribution in [0.1, 0.15) is 24.8 Å². The Balaban J connectivity index is 1.64. The van der Waals surface area contributed by atoms with Crippen LogP contribution in [-0.2, 0) is 9.47 Å². The molecule has 1 N–H and O–H groups in total. The van der Waals surface area contributed by atoms with Gasteiger partial charge in [-0.2, -0.15) is 0 Å². The monoisotopic (exact) mass is 273 g/mol. The molecule has 0 aromatic heterocycles. The summed E-state index contributed by atoms with van der Waals surface area (Å²) >= 11 is 0. The fourth-order valence-corrected chi connectivity index (χ4v) is 3.24. The summed E-state index contributed by atoms with van der Waals surface area (Å²) in [4.78, 5) is 0. The number of nitrogens with one attached hydrogen (secondary N) is 1. The molecule has 2 heterocycles. The second-order valence-corrected chi connectivity index (χ2v) is 5.50. The summed E-state index contributed by atoms with van der Waals surface area (Å²) in [5, 5.41) is 3.39. The van der Waals surface area contributed by atoms with E-state index in [1.807, 2.05) is 0 Å². The highest BCUT2D eigenvalue weighted by molar-refractivity contribution is 5.77. The van der Waals surface area contributed by atoms with Gasteiger partial charge in [0.25, 0.3) is 0 Å². The van der Waals surface area contributed by atoms with E-state index in [-0.39, 0.29) is 5.79 Å². The Morgan fingerprint density at radius 2 is 2.00 bits per heavy atom. The second-order valence-electron chi connectivity index (χ2n) is 5.50. The average Bonchev–Trinajstić information content (AvgIpc) is 2.96. The van der Waals surface area contributed by atoms with E-state index in [1.54, 1.807) is 0 Å². The average molecular weight is 273 g/mol. The lowest BCUT2D eigenvalue weighted by Crippen LogP contribution is -2.31. The Bertz CT molecular complexity index is 547. The molecule has 1 aliphatic carbocycles. The molecule has 1 aromatic rings. The predicted molar refractivity (Wildman–Crippen MR) is 76.9 cm³/mol. The molecular formula is C16H19NO3. The van der Waals surface area contributed by atoms with E-state index in [0.29, 0.717) is 0 Å². The molecule has 0 saturated carbocycles. The minimum atomic E-state index is -0.350. The molecule has 1 aromatic carbocycles. The van der Waals surface area contributed by atoms with Gasteiger partial charge in [-0.25, -0.2) is 0 Å². The molecule has 2 aliphatic heterocycles. The Morgan fingerprint density at radius 1 is 1.10 bits per heavy atom. The van der Waals surface area contributed by atoms with Crippen LogP contribution in [0.15, 0.2) is 24.3 Å². The van der Waals surface area contributed by atoms with Crippen LogP contribution in [-0.4, -0.2) is 32.2 Å². The van der Waals surface area contributed by atoms with Gasteiger partial charge in [-0.1, -0.05) is 18.2 Å². The van der Waals surface area contributed by atoms with Crippen molar-refractivity contribution >= 4 is 11.3 Å². The SMILES string of the molecule is C1=C(c2cccc3c2OCCN3)CCC2(C1)OCCO2. The fraction of sp³-hybridized carbons (Fsp3) is 0.500. The standard InChI is InChI=1S/C16H19NO3/c1-2-13(15-14(3-1)17-8-9-18-15)12-4-6-16(7-5-12)19-10-11-20-16/h1-4,17H,5-11H2. The quantitative estimate of drug-likeness (QED) is 0.854. The van der Waals surface area contributed by atoms with Crippen molar-refractivity contribution in [2.75, 3.05) is 31.7 Å². The third kappa shape index (κ3) is 2.00. The molecule has 3 aliphatic rings.